The number of nitrogens with one attached hydrogen (secondary N) is 1. The summed E-state index contributed by atoms with van der Waals surface area (Å²) in [5.74, 6) is 0.652. The number of likely N-dealkylation sites (N-methyl/N-ethyl adjacent to an activating group) is 1. The van der Waals surface area contributed by atoms with Gasteiger partial charge in [0, 0.05) is 19.1 Å². The Bertz CT molecular complexity index is 246. The second-order valence-corrected chi connectivity index (χ2v) is 5.54. The minimum atomic E-state index is 0. The lowest BCUT2D eigenvalue weighted by Crippen LogP contribution is -2.52. The predicted molar refractivity (Wildman–Crippen MR) is 85.5 cm³/mol. The Morgan fingerprint density at radius 3 is 2.00 bits per heavy atom. The van der Waals surface area contributed by atoms with Gasteiger partial charge in [-0.05, 0) is 39.9 Å². The largest absolute Gasteiger partial charge is 0.341 e. The van der Waals surface area contributed by atoms with Crippen LogP contribution in [-0.4, -0.2) is 62.0 Å². The summed E-state index contributed by atoms with van der Waals surface area (Å²) < 4.78 is 0. The summed E-state index contributed by atoms with van der Waals surface area (Å²) in [6, 6.07) is 0.594. The second-order valence-electron chi connectivity index (χ2n) is 5.54. The number of carbonyl (C=O) groups is 1. The Labute approximate surface area is 130 Å². The fourth-order valence-corrected chi connectivity index (χ4v) is 2.68. The van der Waals surface area contributed by atoms with Crippen molar-refractivity contribution in [3.05, 3.63) is 0 Å². The van der Waals surface area contributed by atoms with Crippen molar-refractivity contribution in [2.45, 2.75) is 38.8 Å². The smallest absolute Gasteiger partial charge is 0.240 e. The van der Waals surface area contributed by atoms with Crippen LogP contribution in [0.1, 0.15) is 26.7 Å². The molecule has 1 amide bonds. The Balaban J connectivity index is 0. The number of carbonyl (C=O) groups excluding carboxylic acids is 1. The maximum atomic E-state index is 12.4. The molecule has 0 radical (unpaired) electrons. The van der Waals surface area contributed by atoms with Gasteiger partial charge in [0.15, 0.2) is 0 Å². The zero-order chi connectivity index (χ0) is 13.0. The average molecular weight is 314 g/mol. The molecule has 1 fully saturated rings. The van der Waals surface area contributed by atoms with Gasteiger partial charge in [-0.3, -0.25) is 9.69 Å². The molecule has 116 valence electrons. The van der Waals surface area contributed by atoms with Crippen molar-refractivity contribution in [2.24, 2.45) is 5.92 Å². The molecule has 0 aromatic rings. The molecule has 1 aliphatic heterocycles. The summed E-state index contributed by atoms with van der Waals surface area (Å²) in [5, 5.41) is 3.29. The van der Waals surface area contributed by atoms with Crippen molar-refractivity contribution < 1.29 is 4.79 Å². The summed E-state index contributed by atoms with van der Waals surface area (Å²) in [6.07, 6.45) is 2.14. The SMILES string of the molecule is CNC1CCN(C(=O)C(C(C)C)N(C)C)CC1.Cl.Cl. The van der Waals surface area contributed by atoms with E-state index in [2.05, 4.69) is 19.2 Å². The number of likely N-dealkylation sites (tertiary alicyclic amines) is 1. The summed E-state index contributed by atoms with van der Waals surface area (Å²) in [7, 11) is 5.98. The number of halogens is 2. The van der Waals surface area contributed by atoms with Gasteiger partial charge in [-0.25, -0.2) is 0 Å². The molecule has 0 saturated carbocycles. The van der Waals surface area contributed by atoms with Crippen molar-refractivity contribution in [1.29, 1.82) is 0 Å². The molecule has 1 atom stereocenters. The van der Waals surface area contributed by atoms with Crippen LogP contribution < -0.4 is 5.32 Å². The van der Waals surface area contributed by atoms with E-state index in [-0.39, 0.29) is 30.9 Å². The topological polar surface area (TPSA) is 35.6 Å². The molecule has 0 bridgehead atoms. The van der Waals surface area contributed by atoms with E-state index in [1.54, 1.807) is 0 Å². The average Bonchev–Trinajstić information content (AvgIpc) is 2.28. The zero-order valence-electron chi connectivity index (χ0n) is 12.7. The van der Waals surface area contributed by atoms with Crippen molar-refractivity contribution in [3.8, 4) is 0 Å². The third-order valence-corrected chi connectivity index (χ3v) is 3.66. The Morgan fingerprint density at radius 1 is 1.21 bits per heavy atom. The van der Waals surface area contributed by atoms with E-state index in [0.717, 1.165) is 25.9 Å². The molecule has 6 heteroatoms. The molecule has 19 heavy (non-hydrogen) atoms. The lowest BCUT2D eigenvalue weighted by molar-refractivity contribution is -0.138. The van der Waals surface area contributed by atoms with Crippen molar-refractivity contribution in [3.63, 3.8) is 0 Å². The highest BCUT2D eigenvalue weighted by Gasteiger charge is 2.30. The van der Waals surface area contributed by atoms with Gasteiger partial charge in [-0.2, -0.15) is 0 Å². The Morgan fingerprint density at radius 2 is 1.68 bits per heavy atom. The Kier molecular flexibility index (Phi) is 11.0. The molecule has 1 saturated heterocycles. The first-order chi connectivity index (χ1) is 7.97. The van der Waals surface area contributed by atoms with Crippen LogP contribution in [0.4, 0.5) is 0 Å². The van der Waals surface area contributed by atoms with Gasteiger partial charge in [0.25, 0.3) is 0 Å². The van der Waals surface area contributed by atoms with Crippen molar-refractivity contribution in [1.82, 2.24) is 15.1 Å². The third kappa shape index (κ3) is 5.86. The Hall–Kier alpha value is -0.0300. The molecule has 1 N–H and O–H groups in total. The summed E-state index contributed by atoms with van der Waals surface area (Å²) in [4.78, 5) is 16.5. The van der Waals surface area contributed by atoms with Crippen LogP contribution in [0.25, 0.3) is 0 Å². The minimum absolute atomic E-state index is 0. The lowest BCUT2D eigenvalue weighted by Gasteiger charge is -2.37. The molecule has 4 nitrogen and oxygen atoms in total. The number of hydrogen-bond acceptors (Lipinski definition) is 3. The van der Waals surface area contributed by atoms with Gasteiger partial charge < -0.3 is 10.2 Å². The van der Waals surface area contributed by atoms with Crippen LogP contribution in [0.2, 0.25) is 0 Å². The van der Waals surface area contributed by atoms with E-state index in [1.165, 1.54) is 0 Å². The fourth-order valence-electron chi connectivity index (χ4n) is 2.68. The normalized spacial score (nSPS) is 17.9. The highest BCUT2D eigenvalue weighted by atomic mass is 35.5. The molecule has 1 aliphatic rings. The molecular formula is C13H29Cl2N3O. The molecule has 0 aromatic carbocycles. The van der Waals surface area contributed by atoms with Crippen molar-refractivity contribution >= 4 is 30.7 Å². The van der Waals surface area contributed by atoms with Gasteiger partial charge in [-0.15, -0.1) is 24.8 Å². The number of nitrogens with zero attached hydrogens (tertiary/aromatic N) is 2. The summed E-state index contributed by atoms with van der Waals surface area (Å²) in [5.41, 5.74) is 0. The highest BCUT2D eigenvalue weighted by Crippen LogP contribution is 2.16. The molecule has 0 aromatic heterocycles. The molecule has 1 heterocycles. The predicted octanol–water partition coefficient (Wildman–Crippen LogP) is 1.63. The van der Waals surface area contributed by atoms with E-state index in [0.29, 0.717) is 17.9 Å². The third-order valence-electron chi connectivity index (χ3n) is 3.66. The quantitative estimate of drug-likeness (QED) is 0.857. The second kappa shape index (κ2) is 9.81. The van der Waals surface area contributed by atoms with Crippen LogP contribution in [0, 0.1) is 5.92 Å². The first kappa shape index (κ1) is 21.3. The number of hydrogen-bond donors (Lipinski definition) is 1. The van der Waals surface area contributed by atoms with Crippen LogP contribution in [0.15, 0.2) is 0 Å². The number of rotatable bonds is 4. The summed E-state index contributed by atoms with van der Waals surface area (Å²) >= 11 is 0. The molecule has 1 rings (SSSR count). The highest BCUT2D eigenvalue weighted by molar-refractivity contribution is 5.85. The first-order valence-electron chi connectivity index (χ1n) is 6.59. The van der Waals surface area contributed by atoms with E-state index >= 15 is 0 Å². The molecule has 0 aliphatic carbocycles. The minimum Gasteiger partial charge on any atom is -0.341 e. The van der Waals surface area contributed by atoms with Gasteiger partial charge in [0.05, 0.1) is 6.04 Å². The summed E-state index contributed by atoms with van der Waals surface area (Å²) in [6.45, 7) is 6.01. The van der Waals surface area contributed by atoms with Crippen LogP contribution >= 0.6 is 24.8 Å². The van der Waals surface area contributed by atoms with Gasteiger partial charge in [0.2, 0.25) is 5.91 Å². The van der Waals surface area contributed by atoms with E-state index in [4.69, 9.17) is 0 Å². The van der Waals surface area contributed by atoms with Gasteiger partial charge in [-0.1, -0.05) is 13.8 Å². The number of amides is 1. The molecule has 0 spiro atoms. The zero-order valence-corrected chi connectivity index (χ0v) is 14.3. The van der Waals surface area contributed by atoms with E-state index in [9.17, 15) is 4.79 Å². The standard InChI is InChI=1S/C13H27N3O.2ClH/c1-10(2)12(15(4)5)13(17)16-8-6-11(14-3)7-9-16;;/h10-12,14H,6-9H2,1-5H3;2*1H. The van der Waals surface area contributed by atoms with Gasteiger partial charge >= 0.3 is 0 Å². The fraction of sp³-hybridized carbons (Fsp3) is 0.923. The number of piperidine rings is 1. The van der Waals surface area contributed by atoms with Crippen molar-refractivity contribution in [2.75, 3.05) is 34.2 Å². The molecular weight excluding hydrogens is 285 g/mol. The van der Waals surface area contributed by atoms with Crippen LogP contribution in [-0.2, 0) is 4.79 Å². The van der Waals surface area contributed by atoms with Crippen LogP contribution in [0.3, 0.4) is 0 Å². The lowest BCUT2D eigenvalue weighted by atomic mass is 9.99. The monoisotopic (exact) mass is 313 g/mol. The van der Waals surface area contributed by atoms with Crippen LogP contribution in [0.5, 0.6) is 0 Å². The maximum Gasteiger partial charge on any atom is 0.240 e. The first-order valence-corrected chi connectivity index (χ1v) is 6.59. The van der Waals surface area contributed by atoms with E-state index < -0.39 is 0 Å². The maximum absolute atomic E-state index is 12.4. The molecule has 1 unspecified atom stereocenters. The van der Waals surface area contributed by atoms with E-state index in [1.807, 2.05) is 30.9 Å². The van der Waals surface area contributed by atoms with Gasteiger partial charge in [0.1, 0.15) is 0 Å².